The van der Waals surface area contributed by atoms with Crippen molar-refractivity contribution in [3.63, 3.8) is 0 Å². The molecule has 0 unspecified atom stereocenters. The zero-order valence-electron chi connectivity index (χ0n) is 14.9. The Morgan fingerprint density at radius 3 is 2.50 bits per heavy atom. The molecule has 0 aliphatic heterocycles. The fourth-order valence-electron chi connectivity index (χ4n) is 2.58. The lowest BCUT2D eigenvalue weighted by molar-refractivity contribution is -0.133. The summed E-state index contributed by atoms with van der Waals surface area (Å²) in [5.41, 5.74) is 0.520. The second-order valence-corrected chi connectivity index (χ2v) is 6.90. The van der Waals surface area contributed by atoms with Gasteiger partial charge in [0.2, 0.25) is 11.8 Å². The number of fused-ring (bicyclic) bond motifs is 1. The zero-order valence-corrected chi connectivity index (χ0v) is 16.4. The molecular formula is C19H16Cl2N4O3. The summed E-state index contributed by atoms with van der Waals surface area (Å²) in [5, 5.41) is 3.60. The molecule has 0 radical (unpaired) electrons. The topological polar surface area (TPSA) is 84.3 Å². The molecule has 0 aliphatic carbocycles. The van der Waals surface area contributed by atoms with Gasteiger partial charge < -0.3 is 10.2 Å². The Morgan fingerprint density at radius 2 is 1.79 bits per heavy atom. The van der Waals surface area contributed by atoms with Crippen LogP contribution in [0, 0.1) is 0 Å². The maximum Gasteiger partial charge on any atom is 0.261 e. The smallest absolute Gasteiger partial charge is 0.261 e. The van der Waals surface area contributed by atoms with E-state index in [4.69, 9.17) is 23.2 Å². The molecule has 2 aromatic carbocycles. The van der Waals surface area contributed by atoms with Gasteiger partial charge >= 0.3 is 0 Å². The summed E-state index contributed by atoms with van der Waals surface area (Å²) >= 11 is 12.0. The number of nitrogens with zero attached hydrogens (tertiary/aromatic N) is 3. The summed E-state index contributed by atoms with van der Waals surface area (Å²) in [6, 6.07) is 11.7. The number of hydrogen-bond donors (Lipinski definition) is 1. The molecule has 0 aliphatic rings. The quantitative estimate of drug-likeness (QED) is 0.690. The molecule has 1 aromatic heterocycles. The molecular weight excluding hydrogens is 403 g/mol. The third-order valence-corrected chi connectivity index (χ3v) is 4.70. The van der Waals surface area contributed by atoms with E-state index in [1.165, 1.54) is 22.8 Å². The summed E-state index contributed by atoms with van der Waals surface area (Å²) in [5.74, 6) is -0.880. The number of benzene rings is 2. The number of carbonyl (C=O) groups excluding carboxylic acids is 2. The minimum atomic E-state index is -0.463. The first kappa shape index (κ1) is 19.9. The van der Waals surface area contributed by atoms with Crippen LogP contribution in [0.4, 0.5) is 5.69 Å². The lowest BCUT2D eigenvalue weighted by atomic mass is 10.2. The van der Waals surface area contributed by atoms with Crippen LogP contribution in [0.15, 0.2) is 53.6 Å². The second-order valence-electron chi connectivity index (χ2n) is 6.09. The van der Waals surface area contributed by atoms with Gasteiger partial charge in [-0.2, -0.15) is 0 Å². The highest BCUT2D eigenvalue weighted by Crippen LogP contribution is 2.29. The summed E-state index contributed by atoms with van der Waals surface area (Å²) in [6.07, 6.45) is 1.32. The van der Waals surface area contributed by atoms with Crippen LogP contribution in [-0.4, -0.2) is 39.9 Å². The van der Waals surface area contributed by atoms with Crippen molar-refractivity contribution < 1.29 is 9.59 Å². The van der Waals surface area contributed by atoms with Crippen LogP contribution in [0.3, 0.4) is 0 Å². The Hall–Kier alpha value is -2.90. The Balaban J connectivity index is 1.67. The fraction of sp³-hybridized carbons (Fsp3) is 0.158. The van der Waals surface area contributed by atoms with Gasteiger partial charge in [0.05, 0.1) is 39.5 Å². The minimum Gasteiger partial charge on any atom is -0.335 e. The molecule has 2 amide bonds. The van der Waals surface area contributed by atoms with E-state index < -0.39 is 11.8 Å². The number of halogens is 2. The largest absolute Gasteiger partial charge is 0.335 e. The predicted molar refractivity (Wildman–Crippen MR) is 109 cm³/mol. The molecule has 1 heterocycles. The van der Waals surface area contributed by atoms with E-state index in [0.29, 0.717) is 20.9 Å². The maximum atomic E-state index is 12.5. The molecule has 0 saturated heterocycles. The van der Waals surface area contributed by atoms with Crippen molar-refractivity contribution in [1.82, 2.24) is 14.5 Å². The highest BCUT2D eigenvalue weighted by atomic mass is 35.5. The van der Waals surface area contributed by atoms with E-state index in [-0.39, 0.29) is 24.3 Å². The van der Waals surface area contributed by atoms with Crippen molar-refractivity contribution in [1.29, 1.82) is 0 Å². The summed E-state index contributed by atoms with van der Waals surface area (Å²) in [4.78, 5) is 42.5. The Labute approximate surface area is 170 Å². The van der Waals surface area contributed by atoms with Gasteiger partial charge in [-0.25, -0.2) is 4.98 Å². The van der Waals surface area contributed by atoms with E-state index in [1.54, 1.807) is 42.5 Å². The number of carbonyl (C=O) groups is 2. The van der Waals surface area contributed by atoms with Gasteiger partial charge in [0, 0.05) is 7.05 Å². The average molecular weight is 419 g/mol. The molecule has 3 aromatic rings. The Morgan fingerprint density at radius 1 is 1.11 bits per heavy atom. The van der Waals surface area contributed by atoms with Crippen LogP contribution in [0.5, 0.6) is 0 Å². The lowest BCUT2D eigenvalue weighted by Crippen LogP contribution is -2.38. The van der Waals surface area contributed by atoms with Crippen molar-refractivity contribution in [2.24, 2.45) is 0 Å². The number of anilines is 1. The second kappa shape index (κ2) is 8.41. The van der Waals surface area contributed by atoms with Gasteiger partial charge in [0.1, 0.15) is 6.54 Å². The van der Waals surface area contributed by atoms with Gasteiger partial charge in [0.15, 0.2) is 0 Å². The van der Waals surface area contributed by atoms with Gasteiger partial charge in [-0.05, 0) is 24.3 Å². The van der Waals surface area contributed by atoms with Crippen LogP contribution in [0.25, 0.3) is 10.9 Å². The zero-order chi connectivity index (χ0) is 20.3. The van der Waals surface area contributed by atoms with E-state index in [9.17, 15) is 14.4 Å². The third kappa shape index (κ3) is 4.32. The number of rotatable bonds is 5. The Kier molecular flexibility index (Phi) is 5.96. The van der Waals surface area contributed by atoms with E-state index in [0.717, 1.165) is 0 Å². The number of likely N-dealkylation sites (N-methyl/N-ethyl adjacent to an activating group) is 1. The third-order valence-electron chi connectivity index (χ3n) is 4.07. The molecule has 0 fully saturated rings. The lowest BCUT2D eigenvalue weighted by Gasteiger charge is -2.18. The monoisotopic (exact) mass is 418 g/mol. The first-order chi connectivity index (χ1) is 13.4. The first-order valence-corrected chi connectivity index (χ1v) is 9.04. The van der Waals surface area contributed by atoms with Crippen LogP contribution in [0.2, 0.25) is 10.0 Å². The normalized spacial score (nSPS) is 10.7. The van der Waals surface area contributed by atoms with Gasteiger partial charge in [-0.15, -0.1) is 0 Å². The van der Waals surface area contributed by atoms with Crippen LogP contribution in [-0.2, 0) is 16.1 Å². The number of aromatic nitrogens is 2. The first-order valence-electron chi connectivity index (χ1n) is 8.29. The number of amides is 2. The van der Waals surface area contributed by atoms with E-state index in [1.807, 2.05) is 0 Å². The number of para-hydroxylation sites is 2. The summed E-state index contributed by atoms with van der Waals surface area (Å²) in [7, 11) is 1.47. The molecule has 9 heteroatoms. The predicted octanol–water partition coefficient (Wildman–Crippen LogP) is 2.80. The summed E-state index contributed by atoms with van der Waals surface area (Å²) < 4.78 is 1.21. The van der Waals surface area contributed by atoms with Crippen LogP contribution < -0.4 is 10.9 Å². The Bertz CT molecular complexity index is 1090. The number of hydrogen-bond acceptors (Lipinski definition) is 4. The van der Waals surface area contributed by atoms with Crippen molar-refractivity contribution >= 4 is 51.6 Å². The molecule has 0 saturated carbocycles. The van der Waals surface area contributed by atoms with Crippen LogP contribution >= 0.6 is 23.2 Å². The van der Waals surface area contributed by atoms with Gasteiger partial charge in [0.25, 0.3) is 5.56 Å². The highest BCUT2D eigenvalue weighted by molar-refractivity contribution is 6.39. The van der Waals surface area contributed by atoms with Crippen molar-refractivity contribution in [3.05, 3.63) is 69.2 Å². The van der Waals surface area contributed by atoms with Gasteiger partial charge in [-0.3, -0.25) is 19.0 Å². The highest BCUT2D eigenvalue weighted by Gasteiger charge is 2.16. The van der Waals surface area contributed by atoms with E-state index >= 15 is 0 Å². The average Bonchev–Trinajstić information content (AvgIpc) is 2.67. The SMILES string of the molecule is CN(CC(=O)Nc1c(Cl)cccc1Cl)C(=O)Cn1cnc2ccccc2c1=O. The molecule has 144 valence electrons. The number of nitrogens with one attached hydrogen (secondary N) is 1. The molecule has 0 atom stereocenters. The standard InChI is InChI=1S/C19H16Cl2N4O3/c1-24(9-16(26)23-18-13(20)6-4-7-14(18)21)17(27)10-25-11-22-15-8-3-2-5-12(15)19(25)28/h2-8,11H,9-10H2,1H3,(H,23,26). The molecule has 0 spiro atoms. The van der Waals surface area contributed by atoms with Crippen molar-refractivity contribution in [2.45, 2.75) is 6.54 Å². The van der Waals surface area contributed by atoms with Gasteiger partial charge in [-0.1, -0.05) is 41.4 Å². The maximum absolute atomic E-state index is 12.5. The summed E-state index contributed by atoms with van der Waals surface area (Å²) in [6.45, 7) is -0.455. The molecule has 28 heavy (non-hydrogen) atoms. The molecule has 0 bridgehead atoms. The fourth-order valence-corrected chi connectivity index (χ4v) is 3.08. The van der Waals surface area contributed by atoms with Crippen molar-refractivity contribution in [2.75, 3.05) is 18.9 Å². The van der Waals surface area contributed by atoms with Crippen LogP contribution in [0.1, 0.15) is 0 Å². The van der Waals surface area contributed by atoms with Crippen molar-refractivity contribution in [3.8, 4) is 0 Å². The van der Waals surface area contributed by atoms with E-state index in [2.05, 4.69) is 10.3 Å². The minimum absolute atomic E-state index is 0.226. The molecule has 1 N–H and O–H groups in total. The molecule has 7 nitrogen and oxygen atoms in total. The molecule has 3 rings (SSSR count).